The van der Waals surface area contributed by atoms with Gasteiger partial charge in [0.05, 0.1) is 7.11 Å². The average Bonchev–Trinajstić information content (AvgIpc) is 2.86. The lowest BCUT2D eigenvalue weighted by Gasteiger charge is -2.10. The molecule has 0 spiro atoms. The number of hydrogen-bond donors (Lipinski definition) is 1. The highest BCUT2D eigenvalue weighted by Gasteiger charge is 2.14. The van der Waals surface area contributed by atoms with Crippen molar-refractivity contribution in [2.24, 2.45) is 11.7 Å². The van der Waals surface area contributed by atoms with Crippen LogP contribution in [0, 0.1) is 5.92 Å². The van der Waals surface area contributed by atoms with Crippen molar-refractivity contribution in [1.29, 1.82) is 0 Å². The molecule has 0 aliphatic rings. The molecule has 2 N–H and O–H groups in total. The third kappa shape index (κ3) is 3.74. The molecule has 7 heteroatoms. The van der Waals surface area contributed by atoms with E-state index in [-0.39, 0.29) is 6.04 Å². The maximum atomic E-state index is 6.03. The Morgan fingerprint density at radius 1 is 1.35 bits per heavy atom. The van der Waals surface area contributed by atoms with E-state index < -0.39 is 0 Å². The number of aromatic nitrogens is 4. The smallest absolute Gasteiger partial charge is 0.228 e. The first-order valence-electron chi connectivity index (χ1n) is 6.53. The summed E-state index contributed by atoms with van der Waals surface area (Å²) in [7, 11) is 1.54. The van der Waals surface area contributed by atoms with Gasteiger partial charge in [0, 0.05) is 18.5 Å². The molecule has 0 amide bonds. The van der Waals surface area contributed by atoms with E-state index in [4.69, 9.17) is 15.0 Å². The zero-order valence-electron chi connectivity index (χ0n) is 11.9. The van der Waals surface area contributed by atoms with Crippen molar-refractivity contribution in [3.8, 4) is 17.4 Å². The highest BCUT2D eigenvalue weighted by atomic mass is 16.5. The molecule has 0 aliphatic heterocycles. The van der Waals surface area contributed by atoms with Crippen LogP contribution in [0.2, 0.25) is 0 Å². The van der Waals surface area contributed by atoms with Crippen LogP contribution in [0.25, 0.3) is 11.5 Å². The number of methoxy groups -OCH3 is 1. The van der Waals surface area contributed by atoms with E-state index in [0.29, 0.717) is 35.6 Å². The molecule has 0 saturated carbocycles. The third-order valence-electron chi connectivity index (χ3n) is 2.76. The monoisotopic (exact) mass is 277 g/mol. The summed E-state index contributed by atoms with van der Waals surface area (Å²) in [6.45, 7) is 4.26. The lowest BCUT2D eigenvalue weighted by molar-refractivity contribution is 0.359. The summed E-state index contributed by atoms with van der Waals surface area (Å²) >= 11 is 0. The van der Waals surface area contributed by atoms with Crippen LogP contribution in [0.5, 0.6) is 5.88 Å². The second kappa shape index (κ2) is 6.42. The van der Waals surface area contributed by atoms with E-state index in [1.165, 1.54) is 6.33 Å². The van der Waals surface area contributed by atoms with Crippen LogP contribution in [0.15, 0.2) is 16.9 Å². The molecule has 1 unspecified atom stereocenters. The van der Waals surface area contributed by atoms with Crippen LogP contribution in [-0.2, 0) is 6.42 Å². The molecule has 2 aromatic heterocycles. The van der Waals surface area contributed by atoms with Gasteiger partial charge in [0.15, 0.2) is 0 Å². The molecule has 0 bridgehead atoms. The van der Waals surface area contributed by atoms with E-state index in [2.05, 4.69) is 34.0 Å². The number of nitrogens with two attached hydrogens (primary N) is 1. The van der Waals surface area contributed by atoms with Crippen molar-refractivity contribution in [2.45, 2.75) is 32.7 Å². The van der Waals surface area contributed by atoms with Crippen LogP contribution in [0.1, 0.15) is 26.2 Å². The molecular formula is C13H19N5O2. The Morgan fingerprint density at radius 2 is 2.15 bits per heavy atom. The molecule has 0 aliphatic carbocycles. The number of ether oxygens (including phenoxy) is 1. The first-order valence-corrected chi connectivity index (χ1v) is 6.53. The summed E-state index contributed by atoms with van der Waals surface area (Å²) in [4.78, 5) is 12.3. The average molecular weight is 277 g/mol. The van der Waals surface area contributed by atoms with Gasteiger partial charge in [-0.25, -0.2) is 9.97 Å². The summed E-state index contributed by atoms with van der Waals surface area (Å²) in [6, 6.07) is 1.67. The summed E-state index contributed by atoms with van der Waals surface area (Å²) in [5.41, 5.74) is 6.59. The van der Waals surface area contributed by atoms with Crippen LogP contribution in [0.3, 0.4) is 0 Å². The van der Waals surface area contributed by atoms with Crippen molar-refractivity contribution in [3.05, 3.63) is 18.3 Å². The number of rotatable bonds is 6. The lowest BCUT2D eigenvalue weighted by Crippen LogP contribution is -2.24. The van der Waals surface area contributed by atoms with Crippen LogP contribution >= 0.6 is 0 Å². The summed E-state index contributed by atoms with van der Waals surface area (Å²) in [6.07, 6.45) is 2.88. The van der Waals surface area contributed by atoms with Crippen LogP contribution in [0.4, 0.5) is 0 Å². The molecule has 2 rings (SSSR count). The van der Waals surface area contributed by atoms with Crippen molar-refractivity contribution in [3.63, 3.8) is 0 Å². The van der Waals surface area contributed by atoms with Gasteiger partial charge in [-0.2, -0.15) is 4.98 Å². The van der Waals surface area contributed by atoms with Gasteiger partial charge >= 0.3 is 0 Å². The van der Waals surface area contributed by atoms with Gasteiger partial charge in [-0.3, -0.25) is 0 Å². The quantitative estimate of drug-likeness (QED) is 0.852. The normalized spacial score (nSPS) is 12.7. The molecule has 0 saturated heterocycles. The predicted octanol–water partition coefficient (Wildman–Crippen LogP) is 1.45. The number of hydrogen-bond acceptors (Lipinski definition) is 7. The first kappa shape index (κ1) is 14.4. The van der Waals surface area contributed by atoms with Gasteiger partial charge in [-0.15, -0.1) is 0 Å². The fourth-order valence-corrected chi connectivity index (χ4v) is 1.93. The van der Waals surface area contributed by atoms with Gasteiger partial charge in [-0.05, 0) is 12.3 Å². The largest absolute Gasteiger partial charge is 0.481 e. The van der Waals surface area contributed by atoms with E-state index in [0.717, 1.165) is 6.42 Å². The molecule has 7 nitrogen and oxygen atoms in total. The second-order valence-corrected chi connectivity index (χ2v) is 5.05. The van der Waals surface area contributed by atoms with E-state index in [9.17, 15) is 0 Å². The Labute approximate surface area is 117 Å². The molecular weight excluding hydrogens is 258 g/mol. The Bertz CT molecular complexity index is 555. The second-order valence-electron chi connectivity index (χ2n) is 5.05. The standard InChI is InChI=1S/C13H19N5O2/c1-8(2)4-9(14)5-12-17-13(18-20-12)10-6-11(19-3)16-7-15-10/h6-9H,4-5,14H2,1-3H3. The van der Waals surface area contributed by atoms with Crippen LogP contribution in [-0.4, -0.2) is 33.3 Å². The molecule has 108 valence electrons. The van der Waals surface area contributed by atoms with Gasteiger partial charge in [0.25, 0.3) is 0 Å². The first-order chi connectivity index (χ1) is 9.58. The number of nitrogens with zero attached hydrogens (tertiary/aromatic N) is 4. The van der Waals surface area contributed by atoms with Gasteiger partial charge in [0.1, 0.15) is 12.0 Å². The Hall–Kier alpha value is -2.02. The molecule has 20 heavy (non-hydrogen) atoms. The highest BCUT2D eigenvalue weighted by molar-refractivity contribution is 5.49. The SMILES string of the molecule is COc1cc(-c2noc(CC(N)CC(C)C)n2)ncn1. The van der Waals surface area contributed by atoms with Crippen molar-refractivity contribution < 1.29 is 9.26 Å². The Balaban J connectivity index is 2.08. The van der Waals surface area contributed by atoms with Gasteiger partial charge < -0.3 is 15.0 Å². The summed E-state index contributed by atoms with van der Waals surface area (Å²) < 4.78 is 10.2. The maximum Gasteiger partial charge on any atom is 0.228 e. The van der Waals surface area contributed by atoms with Gasteiger partial charge in [0.2, 0.25) is 17.6 Å². The minimum absolute atomic E-state index is 0.0169. The molecule has 1 atom stereocenters. The Morgan fingerprint density at radius 3 is 2.85 bits per heavy atom. The predicted molar refractivity (Wildman–Crippen MR) is 73.0 cm³/mol. The Kier molecular flexibility index (Phi) is 4.62. The van der Waals surface area contributed by atoms with Gasteiger partial charge in [-0.1, -0.05) is 19.0 Å². The molecule has 2 heterocycles. The zero-order valence-corrected chi connectivity index (χ0v) is 11.9. The molecule has 0 fully saturated rings. The molecule has 0 radical (unpaired) electrons. The fraction of sp³-hybridized carbons (Fsp3) is 0.538. The van der Waals surface area contributed by atoms with E-state index in [1.807, 2.05) is 0 Å². The zero-order chi connectivity index (χ0) is 14.5. The van der Waals surface area contributed by atoms with Crippen molar-refractivity contribution in [1.82, 2.24) is 20.1 Å². The molecule has 2 aromatic rings. The summed E-state index contributed by atoms with van der Waals surface area (Å²) in [5.74, 6) is 1.93. The van der Waals surface area contributed by atoms with Crippen LogP contribution < -0.4 is 10.5 Å². The van der Waals surface area contributed by atoms with E-state index in [1.54, 1.807) is 13.2 Å². The fourth-order valence-electron chi connectivity index (χ4n) is 1.93. The minimum atomic E-state index is 0.0169. The highest BCUT2D eigenvalue weighted by Crippen LogP contribution is 2.17. The third-order valence-corrected chi connectivity index (χ3v) is 2.76. The van der Waals surface area contributed by atoms with E-state index >= 15 is 0 Å². The summed E-state index contributed by atoms with van der Waals surface area (Å²) in [5, 5.41) is 3.91. The molecule has 0 aromatic carbocycles. The maximum absolute atomic E-state index is 6.03. The van der Waals surface area contributed by atoms with Crippen molar-refractivity contribution >= 4 is 0 Å². The lowest BCUT2D eigenvalue weighted by atomic mass is 10.0. The topological polar surface area (TPSA) is 100.0 Å². The van der Waals surface area contributed by atoms with Crippen molar-refractivity contribution in [2.75, 3.05) is 7.11 Å². The minimum Gasteiger partial charge on any atom is -0.481 e.